The SMILES string of the molecule is CCCCCCCCCCCCCCCCCCCCCCCCCOC(=O)C=Cc1ccc(O)c(O)c1. The van der Waals surface area contributed by atoms with Crippen LogP contribution in [-0.2, 0) is 9.53 Å². The Balaban J connectivity index is 1.75. The number of rotatable bonds is 26. The standard InChI is InChI=1S/C34H58O4/c1-2-3-4-5-6-7-8-9-10-11-12-13-14-15-16-17-18-19-20-21-22-23-24-29-38-34(37)28-26-31-25-27-32(35)33(36)30-31/h25-28,30,35-36H,2-24,29H2,1H3. The number of hydrogen-bond donors (Lipinski definition) is 2. The molecule has 0 radical (unpaired) electrons. The lowest BCUT2D eigenvalue weighted by Gasteiger charge is -2.04. The fraction of sp³-hybridized carbons (Fsp3) is 0.735. The van der Waals surface area contributed by atoms with Crippen molar-refractivity contribution in [2.24, 2.45) is 0 Å². The smallest absolute Gasteiger partial charge is 0.330 e. The fourth-order valence-electron chi connectivity index (χ4n) is 4.92. The molecule has 0 amide bonds. The Bertz CT molecular complexity index is 712. The molecule has 0 saturated carbocycles. The van der Waals surface area contributed by atoms with Crippen molar-refractivity contribution in [3.8, 4) is 11.5 Å². The van der Waals surface area contributed by atoms with Gasteiger partial charge in [0.25, 0.3) is 0 Å². The van der Waals surface area contributed by atoms with E-state index in [1.54, 1.807) is 12.1 Å². The van der Waals surface area contributed by atoms with Crippen LogP contribution in [0.4, 0.5) is 0 Å². The number of benzene rings is 1. The van der Waals surface area contributed by atoms with Crippen LogP contribution in [-0.4, -0.2) is 22.8 Å². The first-order valence-corrected chi connectivity index (χ1v) is 16.0. The second-order valence-electron chi connectivity index (χ2n) is 11.0. The van der Waals surface area contributed by atoms with Crippen molar-refractivity contribution in [3.05, 3.63) is 29.8 Å². The lowest BCUT2D eigenvalue weighted by Crippen LogP contribution is -2.02. The number of ether oxygens (including phenoxy) is 1. The van der Waals surface area contributed by atoms with Crippen LogP contribution in [0, 0.1) is 0 Å². The lowest BCUT2D eigenvalue weighted by atomic mass is 10.0. The summed E-state index contributed by atoms with van der Waals surface area (Å²) in [6.45, 7) is 2.74. The normalized spacial score (nSPS) is 11.4. The van der Waals surface area contributed by atoms with Crippen molar-refractivity contribution in [2.45, 2.75) is 155 Å². The molecular formula is C34H58O4. The van der Waals surface area contributed by atoms with Gasteiger partial charge in [-0.05, 0) is 30.2 Å². The van der Waals surface area contributed by atoms with Gasteiger partial charge < -0.3 is 14.9 Å². The minimum Gasteiger partial charge on any atom is -0.504 e. The van der Waals surface area contributed by atoms with Crippen LogP contribution in [0.25, 0.3) is 6.08 Å². The fourth-order valence-corrected chi connectivity index (χ4v) is 4.92. The van der Waals surface area contributed by atoms with E-state index in [9.17, 15) is 15.0 Å². The molecular weight excluding hydrogens is 472 g/mol. The molecule has 1 aromatic carbocycles. The number of carbonyl (C=O) groups excluding carboxylic acids is 1. The summed E-state index contributed by atoms with van der Waals surface area (Å²) >= 11 is 0. The first-order chi connectivity index (χ1) is 18.6. The van der Waals surface area contributed by atoms with Gasteiger partial charge >= 0.3 is 5.97 Å². The van der Waals surface area contributed by atoms with E-state index in [0.29, 0.717) is 12.2 Å². The molecule has 218 valence electrons. The van der Waals surface area contributed by atoms with Crippen molar-refractivity contribution >= 4 is 12.0 Å². The van der Waals surface area contributed by atoms with Gasteiger partial charge in [0.2, 0.25) is 0 Å². The largest absolute Gasteiger partial charge is 0.504 e. The zero-order valence-corrected chi connectivity index (χ0v) is 24.6. The van der Waals surface area contributed by atoms with Crippen molar-refractivity contribution in [1.29, 1.82) is 0 Å². The van der Waals surface area contributed by atoms with Gasteiger partial charge in [0.05, 0.1) is 6.61 Å². The van der Waals surface area contributed by atoms with Gasteiger partial charge in [-0.25, -0.2) is 4.79 Å². The van der Waals surface area contributed by atoms with E-state index < -0.39 is 0 Å². The predicted octanol–water partition coefficient (Wildman–Crippen LogP) is 10.6. The van der Waals surface area contributed by atoms with Crippen LogP contribution < -0.4 is 0 Å². The average Bonchev–Trinajstić information content (AvgIpc) is 2.91. The number of unbranched alkanes of at least 4 members (excludes halogenated alkanes) is 22. The van der Waals surface area contributed by atoms with Crippen LogP contribution in [0.5, 0.6) is 11.5 Å². The Morgan fingerprint density at radius 1 is 0.605 bits per heavy atom. The van der Waals surface area contributed by atoms with E-state index in [2.05, 4.69) is 6.92 Å². The third-order valence-corrected chi connectivity index (χ3v) is 7.40. The summed E-state index contributed by atoms with van der Waals surface area (Å²) in [4.78, 5) is 11.8. The Kier molecular flexibility index (Phi) is 22.7. The molecule has 4 heteroatoms. The van der Waals surface area contributed by atoms with Crippen molar-refractivity contribution in [1.82, 2.24) is 0 Å². The zero-order chi connectivity index (χ0) is 27.5. The van der Waals surface area contributed by atoms with Gasteiger partial charge in [-0.15, -0.1) is 0 Å². The molecule has 0 heterocycles. The van der Waals surface area contributed by atoms with E-state index >= 15 is 0 Å². The maximum absolute atomic E-state index is 11.8. The van der Waals surface area contributed by atoms with Crippen molar-refractivity contribution in [3.63, 3.8) is 0 Å². The first-order valence-electron chi connectivity index (χ1n) is 16.0. The molecule has 0 aliphatic carbocycles. The summed E-state index contributed by atoms with van der Waals surface area (Å²) in [5, 5.41) is 18.8. The molecule has 1 rings (SSSR count). The van der Waals surface area contributed by atoms with Crippen molar-refractivity contribution in [2.75, 3.05) is 6.61 Å². The molecule has 1 aromatic rings. The number of carbonyl (C=O) groups is 1. The van der Waals surface area contributed by atoms with Gasteiger partial charge in [-0.2, -0.15) is 0 Å². The van der Waals surface area contributed by atoms with Gasteiger partial charge in [-0.1, -0.05) is 154 Å². The molecule has 0 bridgehead atoms. The highest BCUT2D eigenvalue weighted by Gasteiger charge is 2.01. The maximum atomic E-state index is 11.8. The minimum absolute atomic E-state index is 0.176. The summed E-state index contributed by atoms with van der Waals surface area (Å²) < 4.78 is 5.23. The molecule has 38 heavy (non-hydrogen) atoms. The first kappa shape index (κ1) is 34.1. The number of hydrogen-bond acceptors (Lipinski definition) is 4. The van der Waals surface area contributed by atoms with Gasteiger partial charge in [0, 0.05) is 6.08 Å². The predicted molar refractivity (Wildman–Crippen MR) is 162 cm³/mol. The maximum Gasteiger partial charge on any atom is 0.330 e. The van der Waals surface area contributed by atoms with Crippen LogP contribution in [0.1, 0.15) is 160 Å². The summed E-state index contributed by atoms with van der Waals surface area (Å²) in [5.74, 6) is -0.758. The van der Waals surface area contributed by atoms with Crippen molar-refractivity contribution < 1.29 is 19.7 Å². The Labute approximate surface area is 234 Å². The van der Waals surface area contributed by atoms with Gasteiger partial charge in [-0.3, -0.25) is 0 Å². The highest BCUT2D eigenvalue weighted by atomic mass is 16.5. The van der Waals surface area contributed by atoms with Crippen LogP contribution >= 0.6 is 0 Å². The Morgan fingerprint density at radius 3 is 1.39 bits per heavy atom. The Hall–Kier alpha value is -1.97. The molecule has 2 N–H and O–H groups in total. The molecule has 0 aromatic heterocycles. The zero-order valence-electron chi connectivity index (χ0n) is 24.6. The van der Waals surface area contributed by atoms with Crippen LogP contribution in [0.15, 0.2) is 24.3 Å². The molecule has 0 unspecified atom stereocenters. The summed E-state index contributed by atoms with van der Waals surface area (Å²) in [5.41, 5.74) is 0.636. The minimum atomic E-state index is -0.378. The summed E-state index contributed by atoms with van der Waals surface area (Å²) in [6.07, 6.45) is 34.4. The Morgan fingerprint density at radius 2 is 1.00 bits per heavy atom. The lowest BCUT2D eigenvalue weighted by molar-refractivity contribution is -0.137. The summed E-state index contributed by atoms with van der Waals surface area (Å²) in [6, 6.07) is 4.42. The third-order valence-electron chi connectivity index (χ3n) is 7.40. The van der Waals surface area contributed by atoms with Gasteiger partial charge in [0.1, 0.15) is 0 Å². The second-order valence-corrected chi connectivity index (χ2v) is 11.0. The molecule has 4 nitrogen and oxygen atoms in total. The van der Waals surface area contributed by atoms with E-state index in [0.717, 1.165) is 12.8 Å². The van der Waals surface area contributed by atoms with E-state index in [-0.39, 0.29) is 17.5 Å². The number of phenols is 2. The molecule has 0 fully saturated rings. The third kappa shape index (κ3) is 21.0. The monoisotopic (exact) mass is 530 g/mol. The molecule has 0 atom stereocenters. The second kappa shape index (κ2) is 25.3. The van der Waals surface area contributed by atoms with Crippen LogP contribution in [0.3, 0.4) is 0 Å². The highest BCUT2D eigenvalue weighted by molar-refractivity contribution is 5.87. The quantitative estimate of drug-likeness (QED) is 0.0541. The molecule has 0 aliphatic heterocycles. The summed E-state index contributed by atoms with van der Waals surface area (Å²) in [7, 11) is 0. The van der Waals surface area contributed by atoms with E-state index in [1.807, 2.05) is 0 Å². The number of phenolic OH excluding ortho intramolecular Hbond substituents is 2. The number of esters is 1. The van der Waals surface area contributed by atoms with E-state index in [1.165, 1.54) is 153 Å². The molecule has 0 aliphatic rings. The van der Waals surface area contributed by atoms with Crippen LogP contribution in [0.2, 0.25) is 0 Å². The highest BCUT2D eigenvalue weighted by Crippen LogP contribution is 2.25. The molecule has 0 saturated heterocycles. The number of aromatic hydroxyl groups is 2. The van der Waals surface area contributed by atoms with E-state index in [4.69, 9.17) is 4.74 Å². The van der Waals surface area contributed by atoms with Gasteiger partial charge in [0.15, 0.2) is 11.5 Å². The molecule has 0 spiro atoms. The topological polar surface area (TPSA) is 66.8 Å². The average molecular weight is 531 g/mol.